The van der Waals surface area contributed by atoms with E-state index in [1.54, 1.807) is 18.2 Å². The van der Waals surface area contributed by atoms with Gasteiger partial charge in [0, 0.05) is 4.47 Å². The number of hydrogen-bond acceptors (Lipinski definition) is 3. The smallest absolute Gasteiger partial charge is 0.275 e. The minimum atomic E-state index is -0.400. The quantitative estimate of drug-likeness (QED) is 0.899. The number of anilines is 1. The topological polar surface area (TPSA) is 54.9 Å². The normalized spacial score (nSPS) is 10.2. The van der Waals surface area contributed by atoms with Gasteiger partial charge in [0.15, 0.2) is 0 Å². The molecule has 0 spiro atoms. The third-order valence-electron chi connectivity index (χ3n) is 2.03. The number of carbonyl (C=O) groups excluding carboxylic acids is 1. The van der Waals surface area contributed by atoms with Gasteiger partial charge in [-0.2, -0.15) is 0 Å². The molecular formula is C11H6BrCl2N3O. The molecule has 0 unspecified atom stereocenters. The van der Waals surface area contributed by atoms with Crippen molar-refractivity contribution in [2.24, 2.45) is 0 Å². The Hall–Kier alpha value is -1.17. The van der Waals surface area contributed by atoms with Crippen LogP contribution in [0.4, 0.5) is 5.69 Å². The highest BCUT2D eigenvalue weighted by Gasteiger charge is 2.10. The van der Waals surface area contributed by atoms with Crippen molar-refractivity contribution in [2.45, 2.75) is 0 Å². The number of hydrogen-bond donors (Lipinski definition) is 1. The van der Waals surface area contributed by atoms with Gasteiger partial charge in [0.25, 0.3) is 5.91 Å². The third kappa shape index (κ3) is 3.19. The summed E-state index contributed by atoms with van der Waals surface area (Å²) in [4.78, 5) is 19.5. The standard InChI is InChI=1S/C11H6BrCl2N3O/c12-6-1-2-8(7(13)3-6)17-11(18)9-4-16-10(14)5-15-9/h1-5H,(H,17,18). The number of carbonyl (C=O) groups is 1. The average Bonchev–Trinajstić information content (AvgIpc) is 2.33. The van der Waals surface area contributed by atoms with Crippen LogP contribution in [0, 0.1) is 0 Å². The fourth-order valence-corrected chi connectivity index (χ4v) is 2.02. The van der Waals surface area contributed by atoms with Crippen LogP contribution in [0.15, 0.2) is 35.1 Å². The molecular weight excluding hydrogens is 341 g/mol. The Morgan fingerprint density at radius 1 is 1.22 bits per heavy atom. The average molecular weight is 347 g/mol. The molecule has 0 aliphatic rings. The van der Waals surface area contributed by atoms with E-state index in [1.807, 2.05) is 0 Å². The number of benzene rings is 1. The second-order valence-electron chi connectivity index (χ2n) is 3.30. The molecule has 0 aliphatic carbocycles. The highest BCUT2D eigenvalue weighted by Crippen LogP contribution is 2.25. The predicted octanol–water partition coefficient (Wildman–Crippen LogP) is 3.80. The molecule has 0 bridgehead atoms. The van der Waals surface area contributed by atoms with E-state index in [9.17, 15) is 4.79 Å². The summed E-state index contributed by atoms with van der Waals surface area (Å²) >= 11 is 14.9. The first-order valence-corrected chi connectivity index (χ1v) is 6.35. The molecule has 4 nitrogen and oxygen atoms in total. The fourth-order valence-electron chi connectivity index (χ4n) is 1.21. The zero-order valence-electron chi connectivity index (χ0n) is 8.82. The van der Waals surface area contributed by atoms with E-state index in [2.05, 4.69) is 31.2 Å². The summed E-state index contributed by atoms with van der Waals surface area (Å²) in [5.74, 6) is -0.400. The van der Waals surface area contributed by atoms with Crippen molar-refractivity contribution in [2.75, 3.05) is 5.32 Å². The maximum absolute atomic E-state index is 11.8. The van der Waals surface area contributed by atoms with Crippen LogP contribution >= 0.6 is 39.1 Å². The SMILES string of the molecule is O=C(Nc1ccc(Br)cc1Cl)c1cnc(Cl)cn1. The first-order valence-electron chi connectivity index (χ1n) is 4.80. The second-order valence-corrected chi connectivity index (χ2v) is 5.01. The molecule has 0 radical (unpaired) electrons. The molecule has 7 heteroatoms. The number of aromatic nitrogens is 2. The molecule has 92 valence electrons. The number of rotatable bonds is 2. The van der Waals surface area contributed by atoms with E-state index < -0.39 is 5.91 Å². The van der Waals surface area contributed by atoms with Crippen molar-refractivity contribution < 1.29 is 4.79 Å². The number of halogens is 3. The molecule has 0 saturated carbocycles. The Labute approximate surface area is 121 Å². The molecule has 0 atom stereocenters. The zero-order valence-corrected chi connectivity index (χ0v) is 11.9. The monoisotopic (exact) mass is 345 g/mol. The van der Waals surface area contributed by atoms with Gasteiger partial charge in [-0.05, 0) is 18.2 Å². The van der Waals surface area contributed by atoms with Crippen LogP contribution in [0.25, 0.3) is 0 Å². The lowest BCUT2D eigenvalue weighted by Gasteiger charge is -2.06. The van der Waals surface area contributed by atoms with Crippen LogP contribution in [0.2, 0.25) is 10.2 Å². The van der Waals surface area contributed by atoms with E-state index in [0.717, 1.165) is 4.47 Å². The van der Waals surface area contributed by atoms with Gasteiger partial charge < -0.3 is 5.32 Å². The Morgan fingerprint density at radius 2 is 2.00 bits per heavy atom. The lowest BCUT2D eigenvalue weighted by atomic mass is 10.3. The molecule has 18 heavy (non-hydrogen) atoms. The van der Waals surface area contributed by atoms with Crippen LogP contribution in [0.3, 0.4) is 0 Å². The molecule has 1 aromatic heterocycles. The largest absolute Gasteiger partial charge is 0.319 e. The molecule has 0 fully saturated rings. The highest BCUT2D eigenvalue weighted by atomic mass is 79.9. The van der Waals surface area contributed by atoms with Gasteiger partial charge in [0.1, 0.15) is 10.8 Å². The molecule has 0 aliphatic heterocycles. The zero-order chi connectivity index (χ0) is 13.1. The van der Waals surface area contributed by atoms with Crippen LogP contribution in [-0.4, -0.2) is 15.9 Å². The highest BCUT2D eigenvalue weighted by molar-refractivity contribution is 9.10. The second kappa shape index (κ2) is 5.65. The molecule has 1 aromatic carbocycles. The predicted molar refractivity (Wildman–Crippen MR) is 74.1 cm³/mol. The van der Waals surface area contributed by atoms with Crippen molar-refractivity contribution in [3.63, 3.8) is 0 Å². The van der Waals surface area contributed by atoms with Crippen LogP contribution < -0.4 is 5.32 Å². The summed E-state index contributed by atoms with van der Waals surface area (Å²) in [6.07, 6.45) is 2.60. The Morgan fingerprint density at radius 3 is 2.61 bits per heavy atom. The van der Waals surface area contributed by atoms with Crippen LogP contribution in [0.5, 0.6) is 0 Å². The van der Waals surface area contributed by atoms with E-state index in [-0.39, 0.29) is 10.8 Å². The van der Waals surface area contributed by atoms with Crippen molar-refractivity contribution in [1.82, 2.24) is 9.97 Å². The summed E-state index contributed by atoms with van der Waals surface area (Å²) < 4.78 is 0.830. The summed E-state index contributed by atoms with van der Waals surface area (Å²) in [6.45, 7) is 0. The molecule has 2 rings (SSSR count). The number of amides is 1. The van der Waals surface area contributed by atoms with Gasteiger partial charge in [-0.15, -0.1) is 0 Å². The summed E-state index contributed by atoms with van der Waals surface area (Å²) in [5, 5.41) is 3.30. The Bertz CT molecular complexity index is 589. The fraction of sp³-hybridized carbons (Fsp3) is 0. The van der Waals surface area contributed by atoms with E-state index in [0.29, 0.717) is 10.7 Å². The first-order chi connectivity index (χ1) is 8.56. The van der Waals surface area contributed by atoms with Crippen molar-refractivity contribution >= 4 is 50.7 Å². The minimum Gasteiger partial charge on any atom is -0.319 e. The van der Waals surface area contributed by atoms with E-state index in [1.165, 1.54) is 12.4 Å². The van der Waals surface area contributed by atoms with E-state index >= 15 is 0 Å². The van der Waals surface area contributed by atoms with Gasteiger partial charge in [-0.1, -0.05) is 39.1 Å². The summed E-state index contributed by atoms with van der Waals surface area (Å²) in [5.41, 5.74) is 0.667. The maximum Gasteiger partial charge on any atom is 0.275 e. The van der Waals surface area contributed by atoms with Crippen LogP contribution in [-0.2, 0) is 0 Å². The molecule has 1 heterocycles. The first kappa shape index (κ1) is 13.3. The Kier molecular flexibility index (Phi) is 4.16. The molecule has 1 amide bonds. The number of nitrogens with zero attached hydrogens (tertiary/aromatic N) is 2. The van der Waals surface area contributed by atoms with Gasteiger partial charge in [0.2, 0.25) is 0 Å². The third-order valence-corrected chi connectivity index (χ3v) is 3.03. The van der Waals surface area contributed by atoms with E-state index in [4.69, 9.17) is 23.2 Å². The van der Waals surface area contributed by atoms with Crippen molar-refractivity contribution in [3.8, 4) is 0 Å². The molecule has 1 N–H and O–H groups in total. The lowest BCUT2D eigenvalue weighted by molar-refractivity contribution is 0.102. The minimum absolute atomic E-state index is 0.165. The van der Waals surface area contributed by atoms with Gasteiger partial charge in [0.05, 0.1) is 23.1 Å². The number of nitrogens with one attached hydrogen (secondary N) is 1. The molecule has 0 saturated heterocycles. The van der Waals surface area contributed by atoms with Gasteiger partial charge >= 0.3 is 0 Å². The summed E-state index contributed by atoms with van der Waals surface area (Å²) in [7, 11) is 0. The van der Waals surface area contributed by atoms with Gasteiger partial charge in [-0.25, -0.2) is 9.97 Å². The summed E-state index contributed by atoms with van der Waals surface area (Å²) in [6, 6.07) is 5.15. The van der Waals surface area contributed by atoms with Crippen LogP contribution in [0.1, 0.15) is 10.5 Å². The van der Waals surface area contributed by atoms with Crippen molar-refractivity contribution in [3.05, 3.63) is 50.9 Å². The maximum atomic E-state index is 11.8. The van der Waals surface area contributed by atoms with Crippen molar-refractivity contribution in [1.29, 1.82) is 0 Å². The molecule has 2 aromatic rings. The lowest BCUT2D eigenvalue weighted by Crippen LogP contribution is -2.14. The van der Waals surface area contributed by atoms with Gasteiger partial charge in [-0.3, -0.25) is 4.79 Å². The Balaban J connectivity index is 2.18.